The van der Waals surface area contributed by atoms with Gasteiger partial charge < -0.3 is 21.3 Å². The molecule has 2 fully saturated rings. The zero-order valence-electron chi connectivity index (χ0n) is 17.8. The van der Waals surface area contributed by atoms with Crippen LogP contribution >= 0.6 is 11.6 Å². The maximum atomic E-state index is 14.1. The number of benzene rings is 1. The van der Waals surface area contributed by atoms with Crippen LogP contribution in [-0.2, 0) is 11.0 Å². The lowest BCUT2D eigenvalue weighted by molar-refractivity contribution is -0.137. The van der Waals surface area contributed by atoms with Crippen molar-refractivity contribution in [1.82, 2.24) is 14.9 Å². The number of likely N-dealkylation sites (tertiary alicyclic amines) is 1. The molecule has 2 aliphatic rings. The molecular weight excluding hydrogens is 464 g/mol. The second-order valence-corrected chi connectivity index (χ2v) is 8.39. The number of piperidine rings is 2. The Labute approximate surface area is 193 Å². The van der Waals surface area contributed by atoms with Crippen molar-refractivity contribution in [3.05, 3.63) is 40.9 Å². The molecule has 1 aromatic heterocycles. The Bertz CT molecular complexity index is 969. The summed E-state index contributed by atoms with van der Waals surface area (Å²) in [6.45, 7) is 2.15. The number of nitrogens with zero attached hydrogens (tertiary/aromatic N) is 4. The highest BCUT2D eigenvalue weighted by molar-refractivity contribution is 6.30. The molecule has 0 aliphatic carbocycles. The molecule has 4 N–H and O–H groups in total. The van der Waals surface area contributed by atoms with Crippen LogP contribution in [0.1, 0.15) is 37.7 Å². The second-order valence-electron chi connectivity index (χ2n) is 7.95. The van der Waals surface area contributed by atoms with Crippen LogP contribution in [0.5, 0.6) is 0 Å². The molecule has 7 nitrogen and oxygen atoms in total. The average Bonchev–Trinajstić information content (AvgIpc) is 2.75. The van der Waals surface area contributed by atoms with Gasteiger partial charge in [-0.1, -0.05) is 11.6 Å². The Hall–Kier alpha value is -2.82. The topological polar surface area (TPSA) is 101 Å². The number of halogens is 5. The predicted octanol–water partition coefficient (Wildman–Crippen LogP) is 4.12. The maximum absolute atomic E-state index is 14.1. The number of carbonyl (C=O) groups excluding carboxylic acids is 1. The highest BCUT2D eigenvalue weighted by Gasteiger charge is 2.32. The quantitative estimate of drug-likeness (QED) is 0.487. The van der Waals surface area contributed by atoms with E-state index in [2.05, 4.69) is 9.97 Å². The van der Waals surface area contributed by atoms with Crippen LogP contribution in [0, 0.1) is 5.82 Å². The first-order chi connectivity index (χ1) is 15.6. The van der Waals surface area contributed by atoms with Crippen LogP contribution in [0.4, 0.5) is 34.9 Å². The molecular formula is C21H25ClF4N6O. The minimum Gasteiger partial charge on any atom is -0.399 e. The molecule has 12 heteroatoms. The molecule has 2 aliphatic heterocycles. The predicted molar refractivity (Wildman–Crippen MR) is 118 cm³/mol. The maximum Gasteiger partial charge on any atom is 0.416 e. The molecule has 3 heterocycles. The summed E-state index contributed by atoms with van der Waals surface area (Å²) in [5, 5.41) is -0.0117. The lowest BCUT2D eigenvalue weighted by Gasteiger charge is -2.41. The Morgan fingerprint density at radius 2 is 1.82 bits per heavy atom. The minimum absolute atomic E-state index is 0.00910. The van der Waals surface area contributed by atoms with Gasteiger partial charge in [0.2, 0.25) is 11.7 Å². The number of anilines is 3. The van der Waals surface area contributed by atoms with E-state index in [9.17, 15) is 22.4 Å². The number of amides is 1. The van der Waals surface area contributed by atoms with Gasteiger partial charge in [0.25, 0.3) is 0 Å². The van der Waals surface area contributed by atoms with Gasteiger partial charge in [-0.25, -0.2) is 9.97 Å². The summed E-state index contributed by atoms with van der Waals surface area (Å²) in [6.07, 6.45) is 1.43. The fraction of sp³-hybridized carbons (Fsp3) is 0.476. The minimum atomic E-state index is -4.39. The highest BCUT2D eigenvalue weighted by atomic mass is 35.5. The molecule has 0 unspecified atom stereocenters. The van der Waals surface area contributed by atoms with Crippen LogP contribution in [0.2, 0.25) is 5.02 Å². The van der Waals surface area contributed by atoms with Crippen molar-refractivity contribution < 1.29 is 22.4 Å². The van der Waals surface area contributed by atoms with E-state index < -0.39 is 17.6 Å². The molecule has 1 aromatic carbocycles. The van der Waals surface area contributed by atoms with E-state index in [0.717, 1.165) is 50.9 Å². The van der Waals surface area contributed by atoms with E-state index >= 15 is 0 Å². The third-order valence-corrected chi connectivity index (χ3v) is 5.76. The van der Waals surface area contributed by atoms with Gasteiger partial charge in [-0.3, -0.25) is 4.79 Å². The molecule has 2 saturated heterocycles. The van der Waals surface area contributed by atoms with Gasteiger partial charge in [-0.15, -0.1) is 0 Å². The normalized spacial score (nSPS) is 19.2. The summed E-state index contributed by atoms with van der Waals surface area (Å²) in [5.74, 6) is -0.230. The van der Waals surface area contributed by atoms with Gasteiger partial charge in [-0.05, 0) is 43.9 Å². The van der Waals surface area contributed by atoms with Crippen molar-refractivity contribution in [2.45, 2.75) is 44.3 Å². The number of nitrogens with two attached hydrogens (primary N) is 2. The molecule has 180 valence electrons. The summed E-state index contributed by atoms with van der Waals surface area (Å²) in [7, 11) is 0. The first-order valence-electron chi connectivity index (χ1n) is 10.5. The SMILES string of the molecule is Nc1cc(Cl)cc(C(F)(F)F)c1.Nc1ncnc(N2CCC[C@@H](N3CCCCC3=O)C2)c1F. The van der Waals surface area contributed by atoms with E-state index in [4.69, 9.17) is 23.1 Å². The van der Waals surface area contributed by atoms with E-state index in [1.54, 1.807) is 0 Å². The van der Waals surface area contributed by atoms with Crippen molar-refractivity contribution in [1.29, 1.82) is 0 Å². The number of hydrogen-bond donors (Lipinski definition) is 2. The molecule has 1 atom stereocenters. The van der Waals surface area contributed by atoms with Crippen LogP contribution in [-0.4, -0.2) is 46.5 Å². The summed E-state index contributed by atoms with van der Waals surface area (Å²) >= 11 is 5.38. The molecule has 0 radical (unpaired) electrons. The third kappa shape index (κ3) is 6.37. The first kappa shape index (κ1) is 24.8. The zero-order chi connectivity index (χ0) is 24.2. The lowest BCUT2D eigenvalue weighted by atomic mass is 10.0. The lowest BCUT2D eigenvalue weighted by Crippen LogP contribution is -2.52. The fourth-order valence-electron chi connectivity index (χ4n) is 3.98. The van der Waals surface area contributed by atoms with E-state index in [1.165, 1.54) is 12.4 Å². The average molecular weight is 489 g/mol. The standard InChI is InChI=1S/C14H20FN5O.C7H5ClF3N/c15-12-13(16)17-9-18-14(12)19-6-3-4-10(8-19)20-7-2-1-5-11(20)21;8-5-1-4(7(9,10)11)2-6(12)3-5/h9-10H,1-8H2,(H2,16,17,18);1-3H,12H2/t10-;/m1./s1. The first-order valence-corrected chi connectivity index (χ1v) is 10.9. The van der Waals surface area contributed by atoms with E-state index in [-0.39, 0.29) is 34.3 Å². The van der Waals surface area contributed by atoms with Crippen molar-refractivity contribution >= 4 is 34.8 Å². The number of alkyl halides is 3. The van der Waals surface area contributed by atoms with Crippen LogP contribution < -0.4 is 16.4 Å². The molecule has 33 heavy (non-hydrogen) atoms. The Morgan fingerprint density at radius 1 is 1.06 bits per heavy atom. The monoisotopic (exact) mass is 488 g/mol. The molecule has 4 rings (SSSR count). The summed E-state index contributed by atoms with van der Waals surface area (Å²) in [6, 6.07) is 3.07. The highest BCUT2D eigenvalue weighted by Crippen LogP contribution is 2.32. The van der Waals surface area contributed by atoms with Gasteiger partial charge in [0.1, 0.15) is 6.33 Å². The number of hydrogen-bond acceptors (Lipinski definition) is 6. The Kier molecular flexibility index (Phi) is 7.83. The van der Waals surface area contributed by atoms with Crippen molar-refractivity contribution in [3.63, 3.8) is 0 Å². The van der Waals surface area contributed by atoms with Crippen LogP contribution in [0.3, 0.4) is 0 Å². The van der Waals surface area contributed by atoms with Crippen molar-refractivity contribution in [3.8, 4) is 0 Å². The second kappa shape index (κ2) is 10.4. The molecule has 2 aromatic rings. The van der Waals surface area contributed by atoms with Crippen molar-refractivity contribution in [2.75, 3.05) is 36.0 Å². The molecule has 1 amide bonds. The zero-order valence-corrected chi connectivity index (χ0v) is 18.5. The molecule has 0 bridgehead atoms. The van der Waals surface area contributed by atoms with Crippen molar-refractivity contribution in [2.24, 2.45) is 0 Å². The summed E-state index contributed by atoms with van der Waals surface area (Å²) in [4.78, 5) is 23.6. The summed E-state index contributed by atoms with van der Waals surface area (Å²) < 4.78 is 50.2. The fourth-order valence-corrected chi connectivity index (χ4v) is 4.23. The molecule has 0 spiro atoms. The summed E-state index contributed by atoms with van der Waals surface area (Å²) in [5.41, 5.74) is 9.86. The van der Waals surface area contributed by atoms with E-state index in [0.29, 0.717) is 13.0 Å². The van der Waals surface area contributed by atoms with Gasteiger partial charge in [0.15, 0.2) is 11.6 Å². The number of carbonyl (C=O) groups is 1. The smallest absolute Gasteiger partial charge is 0.399 e. The van der Waals surface area contributed by atoms with E-state index in [1.807, 2.05) is 9.80 Å². The van der Waals surface area contributed by atoms with Gasteiger partial charge in [0, 0.05) is 42.8 Å². The van der Waals surface area contributed by atoms with Gasteiger partial charge >= 0.3 is 6.18 Å². The number of rotatable bonds is 2. The third-order valence-electron chi connectivity index (χ3n) is 5.54. The number of nitrogen functional groups attached to an aromatic ring is 2. The van der Waals surface area contributed by atoms with Gasteiger partial charge in [-0.2, -0.15) is 17.6 Å². The van der Waals surface area contributed by atoms with Crippen LogP contribution in [0.25, 0.3) is 0 Å². The Balaban J connectivity index is 0.000000218. The molecule has 0 saturated carbocycles. The van der Waals surface area contributed by atoms with Gasteiger partial charge in [0.05, 0.1) is 5.56 Å². The number of aromatic nitrogens is 2. The Morgan fingerprint density at radius 3 is 2.48 bits per heavy atom. The largest absolute Gasteiger partial charge is 0.416 e. The van der Waals surface area contributed by atoms with Crippen LogP contribution in [0.15, 0.2) is 24.5 Å².